The van der Waals surface area contributed by atoms with Gasteiger partial charge in [0.15, 0.2) is 5.79 Å². The molecule has 1 saturated heterocycles. The smallest absolute Gasteiger partial charge is 0.163 e. The number of aliphatic hydroxyl groups is 2. The van der Waals surface area contributed by atoms with Gasteiger partial charge in [-0.15, -0.1) is 0 Å². The van der Waals surface area contributed by atoms with Gasteiger partial charge in [-0.25, -0.2) is 0 Å². The van der Waals surface area contributed by atoms with Crippen LogP contribution in [-0.2, 0) is 9.47 Å². The van der Waals surface area contributed by atoms with Crippen molar-refractivity contribution >= 4 is 0 Å². The van der Waals surface area contributed by atoms with Crippen molar-refractivity contribution in [2.75, 3.05) is 6.61 Å². The molecule has 0 bridgehead atoms. The van der Waals surface area contributed by atoms with Crippen LogP contribution < -0.4 is 0 Å². The Labute approximate surface area is 170 Å². The minimum Gasteiger partial charge on any atom is -0.393 e. The molecule has 28 heavy (non-hydrogen) atoms. The Balaban J connectivity index is 1.42. The fourth-order valence-corrected chi connectivity index (χ4v) is 8.75. The molecule has 2 unspecified atom stereocenters. The third-order valence-electron chi connectivity index (χ3n) is 10.4. The van der Waals surface area contributed by atoms with E-state index in [4.69, 9.17) is 9.47 Å². The summed E-state index contributed by atoms with van der Waals surface area (Å²) in [6.07, 6.45) is 9.64. The zero-order valence-corrected chi connectivity index (χ0v) is 18.2. The van der Waals surface area contributed by atoms with Gasteiger partial charge < -0.3 is 19.7 Å². The predicted molar refractivity (Wildman–Crippen MR) is 108 cm³/mol. The maximum absolute atomic E-state index is 12.2. The molecule has 5 fully saturated rings. The lowest BCUT2D eigenvalue weighted by Gasteiger charge is -2.63. The fraction of sp³-hybridized carbons (Fsp3) is 1.00. The summed E-state index contributed by atoms with van der Waals surface area (Å²) >= 11 is 0. The van der Waals surface area contributed by atoms with Gasteiger partial charge in [0.25, 0.3) is 0 Å². The summed E-state index contributed by atoms with van der Waals surface area (Å²) in [5.74, 6) is 1.54. The molecule has 0 aromatic heterocycles. The molecule has 2 N–H and O–H groups in total. The van der Waals surface area contributed by atoms with Gasteiger partial charge in [-0.2, -0.15) is 0 Å². The van der Waals surface area contributed by atoms with Gasteiger partial charge in [0.2, 0.25) is 0 Å². The van der Waals surface area contributed by atoms with Crippen LogP contribution in [0.3, 0.4) is 0 Å². The number of rotatable bonds is 1. The van der Waals surface area contributed by atoms with Crippen LogP contribution in [0.5, 0.6) is 0 Å². The molecular formula is C24H40O4. The molecule has 9 atom stereocenters. The zero-order chi connectivity index (χ0) is 19.9. The highest BCUT2D eigenvalue weighted by atomic mass is 16.7. The van der Waals surface area contributed by atoms with E-state index in [9.17, 15) is 10.2 Å². The average Bonchev–Trinajstić information content (AvgIpc) is 3.12. The Morgan fingerprint density at radius 3 is 2.29 bits per heavy atom. The Morgan fingerprint density at radius 2 is 1.57 bits per heavy atom. The van der Waals surface area contributed by atoms with Gasteiger partial charge in [0.1, 0.15) is 0 Å². The maximum Gasteiger partial charge on any atom is 0.163 e. The lowest BCUT2D eigenvalue weighted by Crippen LogP contribution is -2.63. The Morgan fingerprint density at radius 1 is 0.821 bits per heavy atom. The molecule has 4 nitrogen and oxygen atoms in total. The van der Waals surface area contributed by atoms with Crippen molar-refractivity contribution in [2.45, 2.75) is 109 Å². The number of aliphatic hydroxyl groups excluding tert-OH is 1. The van der Waals surface area contributed by atoms with Gasteiger partial charge in [-0.3, -0.25) is 0 Å². The lowest BCUT2D eigenvalue weighted by atomic mass is 9.43. The first-order valence-electron chi connectivity index (χ1n) is 11.8. The SMILES string of the molecule is CC1(C)OCC([C@H]2CC[C@]3(O)C4CC[C@@H]5C[C@@H](O)CC[C@]5(C)[C@H]4CC[C@]23C)O1. The minimum absolute atomic E-state index is 0.0695. The van der Waals surface area contributed by atoms with E-state index < -0.39 is 11.4 Å². The third-order valence-corrected chi connectivity index (χ3v) is 10.4. The van der Waals surface area contributed by atoms with Crippen LogP contribution in [0, 0.1) is 34.5 Å². The van der Waals surface area contributed by atoms with Gasteiger partial charge in [-0.1, -0.05) is 13.8 Å². The van der Waals surface area contributed by atoms with Crippen molar-refractivity contribution < 1.29 is 19.7 Å². The van der Waals surface area contributed by atoms with Crippen LogP contribution in [0.2, 0.25) is 0 Å². The first kappa shape index (κ1) is 19.8. The molecule has 0 spiro atoms. The highest BCUT2D eigenvalue weighted by Crippen LogP contribution is 2.69. The second kappa shape index (κ2) is 6.18. The van der Waals surface area contributed by atoms with Crippen LogP contribution in [-0.4, -0.2) is 40.4 Å². The summed E-state index contributed by atoms with van der Waals surface area (Å²) in [7, 11) is 0. The normalized spacial score (nSPS) is 58.1. The van der Waals surface area contributed by atoms with E-state index in [-0.39, 0.29) is 17.6 Å². The predicted octanol–water partition coefficient (Wildman–Crippen LogP) is 4.27. The van der Waals surface area contributed by atoms with Crippen LogP contribution >= 0.6 is 0 Å². The van der Waals surface area contributed by atoms with Gasteiger partial charge in [0.05, 0.1) is 24.4 Å². The van der Waals surface area contributed by atoms with E-state index >= 15 is 0 Å². The van der Waals surface area contributed by atoms with Crippen molar-refractivity contribution in [3.8, 4) is 0 Å². The molecule has 4 aliphatic carbocycles. The quantitative estimate of drug-likeness (QED) is 0.699. The van der Waals surface area contributed by atoms with Crippen LogP contribution in [0.4, 0.5) is 0 Å². The number of hydrogen-bond acceptors (Lipinski definition) is 4. The summed E-state index contributed by atoms with van der Waals surface area (Å²) in [6, 6.07) is 0. The molecule has 0 amide bonds. The van der Waals surface area contributed by atoms with Crippen molar-refractivity contribution in [2.24, 2.45) is 34.5 Å². The molecular weight excluding hydrogens is 352 g/mol. The number of ether oxygens (including phenoxy) is 2. The largest absolute Gasteiger partial charge is 0.393 e. The van der Waals surface area contributed by atoms with Gasteiger partial charge >= 0.3 is 0 Å². The molecule has 160 valence electrons. The van der Waals surface area contributed by atoms with Crippen LogP contribution in [0.15, 0.2) is 0 Å². The highest BCUT2D eigenvalue weighted by Gasteiger charge is 2.68. The first-order valence-corrected chi connectivity index (χ1v) is 11.8. The van der Waals surface area contributed by atoms with E-state index in [2.05, 4.69) is 13.8 Å². The molecule has 1 heterocycles. The first-order chi connectivity index (χ1) is 13.1. The molecule has 5 rings (SSSR count). The molecule has 4 heteroatoms. The second-order valence-electron chi connectivity index (χ2n) is 11.8. The Kier molecular flexibility index (Phi) is 4.37. The van der Waals surface area contributed by atoms with Crippen molar-refractivity contribution in [1.29, 1.82) is 0 Å². The van der Waals surface area contributed by atoms with Crippen molar-refractivity contribution in [3.05, 3.63) is 0 Å². The fourth-order valence-electron chi connectivity index (χ4n) is 8.75. The second-order valence-corrected chi connectivity index (χ2v) is 11.8. The zero-order valence-electron chi connectivity index (χ0n) is 18.2. The number of fused-ring (bicyclic) bond motifs is 5. The summed E-state index contributed by atoms with van der Waals surface area (Å²) in [4.78, 5) is 0. The maximum atomic E-state index is 12.2. The number of hydrogen-bond donors (Lipinski definition) is 2. The molecule has 0 radical (unpaired) electrons. The van der Waals surface area contributed by atoms with E-state index in [0.29, 0.717) is 35.7 Å². The molecule has 5 aliphatic rings. The van der Waals surface area contributed by atoms with E-state index in [1.54, 1.807) is 0 Å². The minimum atomic E-state index is -0.569. The van der Waals surface area contributed by atoms with Gasteiger partial charge in [-0.05, 0) is 101 Å². The van der Waals surface area contributed by atoms with E-state index in [0.717, 1.165) is 44.9 Å². The summed E-state index contributed by atoms with van der Waals surface area (Å²) < 4.78 is 12.2. The van der Waals surface area contributed by atoms with Crippen molar-refractivity contribution in [3.63, 3.8) is 0 Å². The topological polar surface area (TPSA) is 58.9 Å². The van der Waals surface area contributed by atoms with E-state index in [1.807, 2.05) is 13.8 Å². The molecule has 1 aliphatic heterocycles. The van der Waals surface area contributed by atoms with E-state index in [1.165, 1.54) is 12.8 Å². The Hall–Kier alpha value is -0.160. The van der Waals surface area contributed by atoms with Crippen molar-refractivity contribution in [1.82, 2.24) is 0 Å². The molecule has 0 aromatic carbocycles. The molecule has 0 aromatic rings. The summed E-state index contributed by atoms with van der Waals surface area (Å²) in [6.45, 7) is 9.51. The van der Waals surface area contributed by atoms with Crippen LogP contribution in [0.1, 0.15) is 85.5 Å². The summed E-state index contributed by atoms with van der Waals surface area (Å²) in [5, 5.41) is 22.5. The average molecular weight is 393 g/mol. The summed E-state index contributed by atoms with van der Waals surface area (Å²) in [5.41, 5.74) is -0.340. The third kappa shape index (κ3) is 2.57. The molecule has 4 saturated carbocycles. The van der Waals surface area contributed by atoms with Crippen LogP contribution in [0.25, 0.3) is 0 Å². The monoisotopic (exact) mass is 392 g/mol. The highest BCUT2D eigenvalue weighted by molar-refractivity contribution is 5.18. The Bertz CT molecular complexity index is 634. The van der Waals surface area contributed by atoms with Gasteiger partial charge in [0, 0.05) is 5.41 Å². The standard InChI is InChI=1S/C24H40O4/c1-21(2)27-14-20(28-21)19-9-12-24(26)18-6-5-15-13-16(25)7-10-22(15,3)17(18)8-11-23(19,24)4/h15-20,25-26H,5-14H2,1-4H3/t15-,16+,17+,18?,19-,20?,22+,23-,24+/m1/s1. The lowest BCUT2D eigenvalue weighted by molar-refractivity contribution is -0.220.